The van der Waals surface area contributed by atoms with Gasteiger partial charge in [-0.25, -0.2) is 0 Å². The van der Waals surface area contributed by atoms with Crippen molar-refractivity contribution in [3.05, 3.63) is 65.2 Å². The Morgan fingerprint density at radius 2 is 2.08 bits per heavy atom. The Hall–Kier alpha value is -2.82. The summed E-state index contributed by atoms with van der Waals surface area (Å²) in [4.78, 5) is 20.3. The molecular formula is C21H22N2O3. The predicted molar refractivity (Wildman–Crippen MR) is 99.4 cm³/mol. The number of carbonyl (C=O) groups is 1. The van der Waals surface area contributed by atoms with Crippen LogP contribution in [0, 0.1) is 12.8 Å². The zero-order valence-corrected chi connectivity index (χ0v) is 15.0. The summed E-state index contributed by atoms with van der Waals surface area (Å²) in [5.74, 6) is 1.02. The van der Waals surface area contributed by atoms with Gasteiger partial charge >= 0.3 is 0 Å². The zero-order chi connectivity index (χ0) is 18.1. The molecule has 0 saturated carbocycles. The van der Waals surface area contributed by atoms with Gasteiger partial charge in [0.05, 0.1) is 31.7 Å². The summed E-state index contributed by atoms with van der Waals surface area (Å²) in [5.41, 5.74) is 4.21. The van der Waals surface area contributed by atoms with Crippen LogP contribution in [0.3, 0.4) is 0 Å². The number of rotatable bonds is 4. The van der Waals surface area contributed by atoms with Gasteiger partial charge in [0, 0.05) is 12.1 Å². The lowest BCUT2D eigenvalue weighted by Crippen LogP contribution is -2.31. The maximum atomic E-state index is 12.7. The number of amides is 1. The lowest BCUT2D eigenvalue weighted by Gasteiger charge is -2.17. The number of nitrogens with zero attached hydrogens (tertiary/aromatic N) is 2. The predicted octanol–water partition coefficient (Wildman–Crippen LogP) is 2.81. The van der Waals surface area contributed by atoms with E-state index in [1.165, 1.54) is 5.56 Å². The van der Waals surface area contributed by atoms with Crippen molar-refractivity contribution < 1.29 is 14.4 Å². The second-order valence-electron chi connectivity index (χ2n) is 6.87. The van der Waals surface area contributed by atoms with Gasteiger partial charge in [-0.15, -0.1) is 0 Å². The van der Waals surface area contributed by atoms with Gasteiger partial charge in [0.2, 0.25) is 5.91 Å². The van der Waals surface area contributed by atoms with Crippen LogP contribution in [-0.2, 0) is 16.1 Å². The third-order valence-corrected chi connectivity index (χ3v) is 5.17. The third kappa shape index (κ3) is 3.05. The summed E-state index contributed by atoms with van der Waals surface area (Å²) < 4.78 is 5.24. The molecule has 2 atom stereocenters. The average Bonchev–Trinajstić information content (AvgIpc) is 3.23. The Kier molecular flexibility index (Phi) is 4.37. The molecule has 5 heteroatoms. The molecule has 0 N–H and O–H groups in total. The van der Waals surface area contributed by atoms with Crippen molar-refractivity contribution in [1.29, 1.82) is 0 Å². The van der Waals surface area contributed by atoms with Crippen LogP contribution in [0.4, 0.5) is 0 Å². The maximum absolute atomic E-state index is 12.7. The molecule has 2 aromatic rings. The van der Waals surface area contributed by atoms with Crippen LogP contribution in [0.1, 0.15) is 16.7 Å². The molecular weight excluding hydrogens is 328 g/mol. The smallest absolute Gasteiger partial charge is 0.227 e. The molecule has 2 aliphatic heterocycles. The fourth-order valence-electron chi connectivity index (χ4n) is 3.72. The topological polar surface area (TPSA) is 51.1 Å². The number of aryl methyl sites for hydroxylation is 1. The quantitative estimate of drug-likeness (QED) is 0.852. The monoisotopic (exact) mass is 350 g/mol. The Morgan fingerprint density at radius 1 is 1.23 bits per heavy atom. The molecule has 26 heavy (non-hydrogen) atoms. The van der Waals surface area contributed by atoms with E-state index in [4.69, 9.17) is 9.57 Å². The molecule has 2 unspecified atom stereocenters. The fraction of sp³-hybridized carbons (Fsp3) is 0.333. The highest BCUT2D eigenvalue weighted by atomic mass is 16.6. The molecule has 0 spiro atoms. The molecule has 0 bridgehead atoms. The summed E-state index contributed by atoms with van der Waals surface area (Å²) in [6.07, 6.45) is 0.326. The van der Waals surface area contributed by atoms with Crippen molar-refractivity contribution in [2.24, 2.45) is 11.1 Å². The van der Waals surface area contributed by atoms with E-state index in [9.17, 15) is 4.79 Å². The molecule has 2 heterocycles. The van der Waals surface area contributed by atoms with Crippen molar-refractivity contribution in [3.8, 4) is 5.75 Å². The van der Waals surface area contributed by atoms with E-state index >= 15 is 0 Å². The van der Waals surface area contributed by atoms with Crippen LogP contribution in [-0.4, -0.2) is 42.8 Å². The van der Waals surface area contributed by atoms with Crippen molar-refractivity contribution in [1.82, 2.24) is 4.90 Å². The Morgan fingerprint density at radius 3 is 2.88 bits per heavy atom. The van der Waals surface area contributed by atoms with Crippen molar-refractivity contribution in [2.75, 3.05) is 20.2 Å². The molecule has 1 fully saturated rings. The molecule has 4 rings (SSSR count). The number of benzene rings is 2. The Balaban J connectivity index is 1.46. The van der Waals surface area contributed by atoms with Gasteiger partial charge in [0.25, 0.3) is 0 Å². The summed E-state index contributed by atoms with van der Waals surface area (Å²) in [6, 6.07) is 15.8. The van der Waals surface area contributed by atoms with Crippen LogP contribution < -0.4 is 4.74 Å². The number of hydrogen-bond donors (Lipinski definition) is 0. The first-order valence-electron chi connectivity index (χ1n) is 8.86. The molecule has 5 nitrogen and oxygen atoms in total. The van der Waals surface area contributed by atoms with Gasteiger partial charge in [-0.3, -0.25) is 4.79 Å². The van der Waals surface area contributed by atoms with Crippen molar-refractivity contribution >= 4 is 11.6 Å². The van der Waals surface area contributed by atoms with E-state index < -0.39 is 0 Å². The van der Waals surface area contributed by atoms with Gasteiger partial charge in [-0.2, -0.15) is 0 Å². The van der Waals surface area contributed by atoms with Crippen molar-refractivity contribution in [3.63, 3.8) is 0 Å². The highest BCUT2D eigenvalue weighted by Crippen LogP contribution is 2.31. The van der Waals surface area contributed by atoms with Gasteiger partial charge in [0.15, 0.2) is 6.10 Å². The lowest BCUT2D eigenvalue weighted by molar-refractivity contribution is -0.130. The van der Waals surface area contributed by atoms with Crippen LogP contribution in [0.2, 0.25) is 0 Å². The number of hydrogen-bond acceptors (Lipinski definition) is 4. The molecule has 0 aliphatic carbocycles. The number of fused-ring (bicyclic) bond motifs is 1. The molecule has 2 aromatic carbocycles. The number of methoxy groups -OCH3 is 1. The molecule has 0 aromatic heterocycles. The summed E-state index contributed by atoms with van der Waals surface area (Å²) in [6.45, 7) is 3.32. The zero-order valence-electron chi connectivity index (χ0n) is 15.0. The van der Waals surface area contributed by atoms with E-state index in [1.54, 1.807) is 7.11 Å². The van der Waals surface area contributed by atoms with Crippen LogP contribution in [0.25, 0.3) is 0 Å². The molecule has 2 aliphatic rings. The van der Waals surface area contributed by atoms with Gasteiger partial charge in [-0.1, -0.05) is 41.6 Å². The second kappa shape index (κ2) is 6.83. The van der Waals surface area contributed by atoms with E-state index in [1.807, 2.05) is 41.3 Å². The number of likely N-dealkylation sites (tertiary alicyclic amines) is 1. The van der Waals surface area contributed by atoms with E-state index in [0.29, 0.717) is 19.5 Å². The lowest BCUT2D eigenvalue weighted by atomic mass is 9.92. The largest absolute Gasteiger partial charge is 0.497 e. The van der Waals surface area contributed by atoms with E-state index in [2.05, 4.69) is 24.2 Å². The molecule has 1 saturated heterocycles. The van der Waals surface area contributed by atoms with Gasteiger partial charge < -0.3 is 14.5 Å². The number of oxime groups is 1. The first-order valence-corrected chi connectivity index (χ1v) is 8.86. The maximum Gasteiger partial charge on any atom is 0.227 e. The van der Waals surface area contributed by atoms with Crippen molar-refractivity contribution in [2.45, 2.75) is 19.4 Å². The molecule has 0 radical (unpaired) electrons. The van der Waals surface area contributed by atoms with Gasteiger partial charge in [0.1, 0.15) is 5.75 Å². The van der Waals surface area contributed by atoms with Gasteiger partial charge in [-0.05, 0) is 30.2 Å². The first kappa shape index (κ1) is 16.6. The Labute approximate surface area is 153 Å². The third-order valence-electron chi connectivity index (χ3n) is 5.17. The summed E-state index contributed by atoms with van der Waals surface area (Å²) in [5, 5.41) is 4.31. The first-order chi connectivity index (χ1) is 12.7. The number of ether oxygens (including phenoxy) is 1. The Bertz CT molecular complexity index is 862. The SMILES string of the molecule is COc1cccc(CC(=O)N2CC3ON=C(c4ccccc4C)C3C2)c1. The van der Waals surface area contributed by atoms with Crippen LogP contribution in [0.5, 0.6) is 5.75 Å². The van der Waals surface area contributed by atoms with E-state index in [-0.39, 0.29) is 17.9 Å². The fourth-order valence-corrected chi connectivity index (χ4v) is 3.72. The molecule has 1 amide bonds. The average molecular weight is 350 g/mol. The summed E-state index contributed by atoms with van der Waals surface area (Å²) in [7, 11) is 1.63. The minimum absolute atomic E-state index is 0.0427. The highest BCUT2D eigenvalue weighted by molar-refractivity contribution is 6.04. The highest BCUT2D eigenvalue weighted by Gasteiger charge is 2.44. The normalized spacial score (nSPS) is 21.2. The molecule has 134 valence electrons. The standard InChI is InChI=1S/C21H22N2O3/c1-14-6-3-4-9-17(14)21-18-12-23(13-19(18)26-22-21)20(24)11-15-7-5-8-16(10-15)25-2/h3-10,18-19H,11-13H2,1-2H3. The van der Waals surface area contributed by atoms with E-state index in [0.717, 1.165) is 22.6 Å². The second-order valence-corrected chi connectivity index (χ2v) is 6.87. The minimum atomic E-state index is -0.0427. The number of carbonyl (C=O) groups excluding carboxylic acids is 1. The van der Waals surface area contributed by atoms with Crippen LogP contribution >= 0.6 is 0 Å². The minimum Gasteiger partial charge on any atom is -0.497 e. The van der Waals surface area contributed by atoms with Crippen LogP contribution in [0.15, 0.2) is 53.7 Å². The summed E-state index contributed by atoms with van der Waals surface area (Å²) >= 11 is 0.